The highest BCUT2D eigenvalue weighted by molar-refractivity contribution is 5.95. The topological polar surface area (TPSA) is 79.5 Å². The summed E-state index contributed by atoms with van der Waals surface area (Å²) >= 11 is 0. The van der Waals surface area contributed by atoms with Crippen LogP contribution < -0.4 is 5.73 Å². The lowest BCUT2D eigenvalue weighted by Crippen LogP contribution is -2.39. The van der Waals surface area contributed by atoms with Gasteiger partial charge in [0.1, 0.15) is 5.82 Å². The van der Waals surface area contributed by atoms with Gasteiger partial charge in [0.05, 0.1) is 17.4 Å². The van der Waals surface area contributed by atoms with Crippen LogP contribution in [0.3, 0.4) is 0 Å². The van der Waals surface area contributed by atoms with Gasteiger partial charge in [0, 0.05) is 31.7 Å². The number of nitrogens with zero attached hydrogens (tertiary/aromatic N) is 2. The number of carbonyl (C=O) groups is 1. The Balaban J connectivity index is 1.70. The van der Waals surface area contributed by atoms with Crippen molar-refractivity contribution in [3.8, 4) is 0 Å². The van der Waals surface area contributed by atoms with E-state index in [9.17, 15) is 14.3 Å². The molecule has 2 heterocycles. The second-order valence-electron chi connectivity index (χ2n) is 6.73. The van der Waals surface area contributed by atoms with E-state index in [1.165, 1.54) is 6.07 Å². The van der Waals surface area contributed by atoms with Crippen LogP contribution in [0.2, 0.25) is 0 Å². The summed E-state index contributed by atoms with van der Waals surface area (Å²) in [7, 11) is 0. The molecular weight excluding hydrogens is 333 g/mol. The van der Waals surface area contributed by atoms with Crippen LogP contribution in [0.25, 0.3) is 0 Å². The van der Waals surface area contributed by atoms with Crippen molar-refractivity contribution < 1.29 is 14.3 Å². The molecule has 3 rings (SSSR count). The number of halogens is 1. The van der Waals surface area contributed by atoms with E-state index < -0.39 is 12.1 Å². The molecule has 1 aromatic carbocycles. The number of aliphatic hydroxyl groups excluding tert-OH is 1. The predicted octanol–water partition coefficient (Wildman–Crippen LogP) is 1.93. The molecule has 6 heteroatoms. The van der Waals surface area contributed by atoms with Crippen LogP contribution in [-0.4, -0.2) is 46.1 Å². The van der Waals surface area contributed by atoms with Gasteiger partial charge in [-0.2, -0.15) is 0 Å². The molecular formula is C20H24FN3O2. The zero-order chi connectivity index (χ0) is 18.5. The standard InChI is InChI=1S/C20H24FN3O2/c21-16-8-2-1-6-14(16)12-17(22)19(25)13-18-15(7-5-9-23-18)20(26)24-10-3-4-11-24/h1-2,5-9,17,19,25H,3-4,10-13,22H2/t17-,19+/m1/s1. The van der Waals surface area contributed by atoms with Gasteiger partial charge in [-0.15, -0.1) is 0 Å². The van der Waals surface area contributed by atoms with Crippen LogP contribution >= 0.6 is 0 Å². The van der Waals surface area contributed by atoms with Crippen LogP contribution in [0.15, 0.2) is 42.6 Å². The van der Waals surface area contributed by atoms with E-state index in [1.807, 2.05) is 4.90 Å². The van der Waals surface area contributed by atoms with Gasteiger partial charge >= 0.3 is 0 Å². The highest BCUT2D eigenvalue weighted by atomic mass is 19.1. The van der Waals surface area contributed by atoms with Crippen molar-refractivity contribution in [2.45, 2.75) is 37.8 Å². The monoisotopic (exact) mass is 357 g/mol. The lowest BCUT2D eigenvalue weighted by atomic mass is 9.97. The smallest absolute Gasteiger partial charge is 0.255 e. The molecule has 0 saturated carbocycles. The number of aliphatic hydroxyl groups is 1. The van der Waals surface area contributed by atoms with E-state index in [1.54, 1.807) is 36.5 Å². The van der Waals surface area contributed by atoms with E-state index in [4.69, 9.17) is 5.73 Å². The van der Waals surface area contributed by atoms with Crippen LogP contribution in [0.4, 0.5) is 4.39 Å². The fourth-order valence-corrected chi connectivity index (χ4v) is 3.29. The number of amides is 1. The summed E-state index contributed by atoms with van der Waals surface area (Å²) in [6.07, 6.45) is 3.08. The second-order valence-corrected chi connectivity index (χ2v) is 6.73. The third-order valence-corrected chi connectivity index (χ3v) is 4.82. The highest BCUT2D eigenvalue weighted by Gasteiger charge is 2.25. The first kappa shape index (κ1) is 18.5. The van der Waals surface area contributed by atoms with E-state index in [-0.39, 0.29) is 24.6 Å². The Morgan fingerprint density at radius 1 is 1.19 bits per heavy atom. The second kappa shape index (κ2) is 8.38. The Morgan fingerprint density at radius 2 is 1.92 bits per heavy atom. The number of nitrogens with two attached hydrogens (primary N) is 1. The molecule has 2 atom stereocenters. The van der Waals surface area contributed by atoms with Crippen LogP contribution in [0.1, 0.15) is 34.5 Å². The average molecular weight is 357 g/mol. The van der Waals surface area contributed by atoms with Gasteiger partial charge in [-0.3, -0.25) is 9.78 Å². The first-order chi connectivity index (χ1) is 12.6. The lowest BCUT2D eigenvalue weighted by molar-refractivity contribution is 0.0789. The van der Waals surface area contributed by atoms with Gasteiger partial charge < -0.3 is 15.7 Å². The highest BCUT2D eigenvalue weighted by Crippen LogP contribution is 2.17. The number of hydrogen-bond donors (Lipinski definition) is 2. The van der Waals surface area contributed by atoms with Crippen molar-refractivity contribution in [2.24, 2.45) is 5.73 Å². The van der Waals surface area contributed by atoms with Crippen molar-refractivity contribution in [1.82, 2.24) is 9.88 Å². The Hall–Kier alpha value is -2.31. The molecule has 0 unspecified atom stereocenters. The van der Waals surface area contributed by atoms with Gasteiger partial charge in [-0.25, -0.2) is 4.39 Å². The van der Waals surface area contributed by atoms with Crippen molar-refractivity contribution in [1.29, 1.82) is 0 Å². The van der Waals surface area contributed by atoms with Gasteiger partial charge in [0.15, 0.2) is 0 Å². The molecule has 5 nitrogen and oxygen atoms in total. The molecule has 1 saturated heterocycles. The first-order valence-electron chi connectivity index (χ1n) is 8.96. The summed E-state index contributed by atoms with van der Waals surface area (Å²) < 4.78 is 13.8. The molecule has 1 aliphatic heterocycles. The largest absolute Gasteiger partial charge is 0.391 e. The maximum Gasteiger partial charge on any atom is 0.255 e. The number of pyridine rings is 1. The fraction of sp³-hybridized carbons (Fsp3) is 0.400. The normalized spacial score (nSPS) is 16.5. The van der Waals surface area contributed by atoms with Crippen LogP contribution in [0, 0.1) is 5.82 Å². The van der Waals surface area contributed by atoms with Crippen LogP contribution in [-0.2, 0) is 12.8 Å². The molecule has 1 aromatic heterocycles. The lowest BCUT2D eigenvalue weighted by Gasteiger charge is -2.21. The van der Waals surface area contributed by atoms with E-state index in [0.717, 1.165) is 25.9 Å². The molecule has 2 aromatic rings. The van der Waals surface area contributed by atoms with Crippen molar-refractivity contribution in [3.05, 3.63) is 65.2 Å². The van der Waals surface area contributed by atoms with Gasteiger partial charge in [0.2, 0.25) is 0 Å². The third kappa shape index (κ3) is 4.26. The Morgan fingerprint density at radius 3 is 2.65 bits per heavy atom. The summed E-state index contributed by atoms with van der Waals surface area (Å²) in [5.74, 6) is -0.390. The molecule has 3 N–H and O–H groups in total. The van der Waals surface area contributed by atoms with E-state index >= 15 is 0 Å². The number of likely N-dealkylation sites (tertiary alicyclic amines) is 1. The van der Waals surface area contributed by atoms with Crippen LogP contribution in [0.5, 0.6) is 0 Å². The number of benzene rings is 1. The fourth-order valence-electron chi connectivity index (χ4n) is 3.29. The Labute approximate surface area is 152 Å². The average Bonchev–Trinajstić information content (AvgIpc) is 3.18. The molecule has 0 aliphatic carbocycles. The number of hydrogen-bond acceptors (Lipinski definition) is 4. The first-order valence-corrected chi connectivity index (χ1v) is 8.96. The predicted molar refractivity (Wildman–Crippen MR) is 97.2 cm³/mol. The maximum atomic E-state index is 13.8. The SMILES string of the molecule is N[C@H](Cc1ccccc1F)[C@@H](O)Cc1ncccc1C(=O)N1CCCC1. The molecule has 0 radical (unpaired) electrons. The minimum absolute atomic E-state index is 0.0551. The van der Waals surface area contributed by atoms with Crippen molar-refractivity contribution in [2.75, 3.05) is 13.1 Å². The zero-order valence-electron chi connectivity index (χ0n) is 14.6. The minimum Gasteiger partial charge on any atom is -0.391 e. The molecule has 26 heavy (non-hydrogen) atoms. The van der Waals surface area contributed by atoms with E-state index in [0.29, 0.717) is 16.8 Å². The molecule has 138 valence electrons. The summed E-state index contributed by atoms with van der Waals surface area (Å²) in [5, 5.41) is 10.5. The van der Waals surface area contributed by atoms with Gasteiger partial charge in [-0.1, -0.05) is 18.2 Å². The molecule has 1 aliphatic rings. The number of aromatic nitrogens is 1. The molecule has 1 fully saturated rings. The Kier molecular flexibility index (Phi) is 5.96. The summed E-state index contributed by atoms with van der Waals surface area (Å²) in [5.41, 5.74) is 7.58. The third-order valence-electron chi connectivity index (χ3n) is 4.82. The molecule has 0 spiro atoms. The quantitative estimate of drug-likeness (QED) is 0.828. The van der Waals surface area contributed by atoms with Gasteiger partial charge in [0.25, 0.3) is 5.91 Å². The molecule has 0 bridgehead atoms. The maximum absolute atomic E-state index is 13.8. The van der Waals surface area contributed by atoms with Crippen molar-refractivity contribution in [3.63, 3.8) is 0 Å². The van der Waals surface area contributed by atoms with Crippen molar-refractivity contribution >= 4 is 5.91 Å². The number of carbonyl (C=O) groups excluding carboxylic acids is 1. The minimum atomic E-state index is -0.922. The molecule has 1 amide bonds. The zero-order valence-corrected chi connectivity index (χ0v) is 14.6. The Bertz CT molecular complexity index is 762. The van der Waals surface area contributed by atoms with E-state index in [2.05, 4.69) is 4.98 Å². The van der Waals surface area contributed by atoms with Gasteiger partial charge in [-0.05, 0) is 43.0 Å². The summed E-state index contributed by atoms with van der Waals surface area (Å²) in [4.78, 5) is 18.8. The summed E-state index contributed by atoms with van der Waals surface area (Å²) in [6.45, 7) is 1.50. The summed E-state index contributed by atoms with van der Waals surface area (Å²) in [6, 6.07) is 9.19. The number of rotatable bonds is 6.